The SMILES string of the molecule is CCC(C)CCCCN(C)C(C)C. The first-order valence-electron chi connectivity index (χ1n) is 5.78. The van der Waals surface area contributed by atoms with Gasteiger partial charge in [-0.15, -0.1) is 0 Å². The lowest BCUT2D eigenvalue weighted by Crippen LogP contribution is -2.27. The van der Waals surface area contributed by atoms with Crippen molar-refractivity contribution in [2.45, 2.75) is 59.4 Å². The maximum absolute atomic E-state index is 2.43. The first-order valence-corrected chi connectivity index (χ1v) is 5.78. The average Bonchev–Trinajstić information content (AvgIpc) is 2.11. The van der Waals surface area contributed by atoms with Gasteiger partial charge in [-0.25, -0.2) is 0 Å². The molecule has 0 aromatic rings. The number of unbranched alkanes of at least 4 members (excludes halogenated alkanes) is 1. The summed E-state index contributed by atoms with van der Waals surface area (Å²) in [6, 6.07) is 0.698. The van der Waals surface area contributed by atoms with Gasteiger partial charge >= 0.3 is 0 Å². The number of hydrogen-bond acceptors (Lipinski definition) is 1. The molecule has 0 N–H and O–H groups in total. The molecule has 0 aromatic heterocycles. The smallest absolute Gasteiger partial charge is 0.00355 e. The maximum atomic E-state index is 2.43. The van der Waals surface area contributed by atoms with Crippen molar-refractivity contribution >= 4 is 0 Å². The standard InChI is InChI=1S/C12H27N/c1-6-12(4)9-7-8-10-13(5)11(2)3/h11-12H,6-10H2,1-5H3. The van der Waals surface area contributed by atoms with E-state index in [1.54, 1.807) is 0 Å². The van der Waals surface area contributed by atoms with E-state index in [-0.39, 0.29) is 0 Å². The van der Waals surface area contributed by atoms with Gasteiger partial charge in [-0.05, 0) is 39.8 Å². The molecule has 1 heteroatoms. The molecule has 0 aromatic carbocycles. The van der Waals surface area contributed by atoms with E-state index >= 15 is 0 Å². The topological polar surface area (TPSA) is 3.24 Å². The molecule has 0 rings (SSSR count). The van der Waals surface area contributed by atoms with Crippen LogP contribution in [0.2, 0.25) is 0 Å². The summed E-state index contributed by atoms with van der Waals surface area (Å²) >= 11 is 0. The molecule has 13 heavy (non-hydrogen) atoms. The van der Waals surface area contributed by atoms with E-state index in [1.165, 1.54) is 32.2 Å². The van der Waals surface area contributed by atoms with Crippen LogP contribution in [0.1, 0.15) is 53.4 Å². The molecule has 0 saturated carbocycles. The Labute approximate surface area is 84.5 Å². The van der Waals surface area contributed by atoms with E-state index in [1.807, 2.05) is 0 Å². The van der Waals surface area contributed by atoms with Crippen molar-refractivity contribution in [2.75, 3.05) is 13.6 Å². The number of rotatable bonds is 7. The van der Waals surface area contributed by atoms with Gasteiger partial charge in [0.2, 0.25) is 0 Å². The van der Waals surface area contributed by atoms with Crippen LogP contribution in [0, 0.1) is 5.92 Å². The van der Waals surface area contributed by atoms with Crippen LogP contribution in [0.3, 0.4) is 0 Å². The Balaban J connectivity index is 3.25. The highest BCUT2D eigenvalue weighted by Crippen LogP contribution is 2.11. The summed E-state index contributed by atoms with van der Waals surface area (Å²) in [5, 5.41) is 0. The van der Waals surface area contributed by atoms with Crippen molar-refractivity contribution in [1.29, 1.82) is 0 Å². The minimum Gasteiger partial charge on any atom is -0.304 e. The minimum absolute atomic E-state index is 0.698. The Morgan fingerprint density at radius 1 is 1.08 bits per heavy atom. The fraction of sp³-hybridized carbons (Fsp3) is 1.00. The molecule has 0 amide bonds. The van der Waals surface area contributed by atoms with Crippen LogP contribution in [0.15, 0.2) is 0 Å². The van der Waals surface area contributed by atoms with Crippen molar-refractivity contribution in [2.24, 2.45) is 5.92 Å². The van der Waals surface area contributed by atoms with E-state index in [0.29, 0.717) is 6.04 Å². The second-order valence-corrected chi connectivity index (χ2v) is 4.58. The summed E-state index contributed by atoms with van der Waals surface area (Å²) in [6.45, 7) is 10.4. The zero-order chi connectivity index (χ0) is 10.3. The lowest BCUT2D eigenvalue weighted by atomic mass is 10.0. The highest BCUT2D eigenvalue weighted by molar-refractivity contribution is 4.58. The van der Waals surface area contributed by atoms with Gasteiger partial charge in [0.1, 0.15) is 0 Å². The van der Waals surface area contributed by atoms with Crippen molar-refractivity contribution in [3.63, 3.8) is 0 Å². The molecule has 0 fully saturated rings. The second-order valence-electron chi connectivity index (χ2n) is 4.58. The molecule has 1 nitrogen and oxygen atoms in total. The van der Waals surface area contributed by atoms with Crippen LogP contribution < -0.4 is 0 Å². The lowest BCUT2D eigenvalue weighted by Gasteiger charge is -2.20. The zero-order valence-corrected chi connectivity index (χ0v) is 10.1. The van der Waals surface area contributed by atoms with Gasteiger partial charge < -0.3 is 4.90 Å². The van der Waals surface area contributed by atoms with Gasteiger partial charge in [0, 0.05) is 6.04 Å². The Bertz CT molecular complexity index is 110. The molecule has 0 heterocycles. The summed E-state index contributed by atoms with van der Waals surface area (Å²) in [5.74, 6) is 0.921. The molecular weight excluding hydrogens is 158 g/mol. The lowest BCUT2D eigenvalue weighted by molar-refractivity contribution is 0.265. The van der Waals surface area contributed by atoms with E-state index < -0.39 is 0 Å². The van der Waals surface area contributed by atoms with E-state index in [4.69, 9.17) is 0 Å². The van der Waals surface area contributed by atoms with Crippen LogP contribution in [0.4, 0.5) is 0 Å². The van der Waals surface area contributed by atoms with Crippen molar-refractivity contribution < 1.29 is 0 Å². The van der Waals surface area contributed by atoms with Gasteiger partial charge in [-0.2, -0.15) is 0 Å². The highest BCUT2D eigenvalue weighted by atomic mass is 15.1. The van der Waals surface area contributed by atoms with Crippen LogP contribution in [-0.4, -0.2) is 24.5 Å². The average molecular weight is 185 g/mol. The molecule has 0 saturated heterocycles. The van der Waals surface area contributed by atoms with Crippen molar-refractivity contribution in [3.8, 4) is 0 Å². The van der Waals surface area contributed by atoms with Gasteiger partial charge in [0.15, 0.2) is 0 Å². The van der Waals surface area contributed by atoms with E-state index in [2.05, 4.69) is 39.6 Å². The summed E-state index contributed by atoms with van der Waals surface area (Å²) in [7, 11) is 2.22. The largest absolute Gasteiger partial charge is 0.304 e. The molecule has 1 unspecified atom stereocenters. The van der Waals surface area contributed by atoms with Crippen LogP contribution >= 0.6 is 0 Å². The van der Waals surface area contributed by atoms with Crippen LogP contribution in [0.25, 0.3) is 0 Å². The third-order valence-electron chi connectivity index (χ3n) is 3.04. The molecule has 0 radical (unpaired) electrons. The Hall–Kier alpha value is -0.0400. The predicted molar refractivity (Wildman–Crippen MR) is 61.1 cm³/mol. The molecule has 0 aliphatic heterocycles. The quantitative estimate of drug-likeness (QED) is 0.548. The third-order valence-corrected chi connectivity index (χ3v) is 3.04. The van der Waals surface area contributed by atoms with Crippen LogP contribution in [-0.2, 0) is 0 Å². The maximum Gasteiger partial charge on any atom is 0.00355 e. The number of nitrogens with zero attached hydrogens (tertiary/aromatic N) is 1. The fourth-order valence-corrected chi connectivity index (χ4v) is 1.32. The highest BCUT2D eigenvalue weighted by Gasteiger charge is 2.03. The van der Waals surface area contributed by atoms with Gasteiger partial charge in [0.25, 0.3) is 0 Å². The molecule has 1 atom stereocenters. The third kappa shape index (κ3) is 7.06. The Morgan fingerprint density at radius 3 is 2.15 bits per heavy atom. The second kappa shape index (κ2) is 7.37. The first-order chi connectivity index (χ1) is 6.07. The van der Waals surface area contributed by atoms with Crippen molar-refractivity contribution in [3.05, 3.63) is 0 Å². The van der Waals surface area contributed by atoms with E-state index in [0.717, 1.165) is 5.92 Å². The molecular formula is C12H27N. The normalized spacial score (nSPS) is 14.1. The molecule has 0 spiro atoms. The minimum atomic E-state index is 0.698. The van der Waals surface area contributed by atoms with Gasteiger partial charge in [0.05, 0.1) is 0 Å². The fourth-order valence-electron chi connectivity index (χ4n) is 1.32. The summed E-state index contributed by atoms with van der Waals surface area (Å²) in [4.78, 5) is 2.43. The summed E-state index contributed by atoms with van der Waals surface area (Å²) in [6.07, 6.45) is 5.49. The Morgan fingerprint density at radius 2 is 1.69 bits per heavy atom. The molecule has 80 valence electrons. The first kappa shape index (κ1) is 13.0. The molecule has 0 aliphatic carbocycles. The zero-order valence-electron chi connectivity index (χ0n) is 10.1. The molecule has 0 aliphatic rings. The van der Waals surface area contributed by atoms with E-state index in [9.17, 15) is 0 Å². The van der Waals surface area contributed by atoms with Crippen LogP contribution in [0.5, 0.6) is 0 Å². The van der Waals surface area contributed by atoms with Gasteiger partial charge in [-0.3, -0.25) is 0 Å². The van der Waals surface area contributed by atoms with Gasteiger partial charge in [-0.1, -0.05) is 33.1 Å². The Kier molecular flexibility index (Phi) is 7.35. The molecule has 0 bridgehead atoms. The summed E-state index contributed by atoms with van der Waals surface area (Å²) in [5.41, 5.74) is 0. The van der Waals surface area contributed by atoms with Crippen molar-refractivity contribution in [1.82, 2.24) is 4.90 Å². The monoisotopic (exact) mass is 185 g/mol. The predicted octanol–water partition coefficient (Wildman–Crippen LogP) is 3.54. The number of hydrogen-bond donors (Lipinski definition) is 0. The summed E-state index contributed by atoms with van der Waals surface area (Å²) < 4.78 is 0.